The van der Waals surface area contributed by atoms with Crippen LogP contribution in [0.1, 0.15) is 18.9 Å². The second kappa shape index (κ2) is 9.77. The lowest BCUT2D eigenvalue weighted by atomic mass is 9.83. The molecule has 0 atom stereocenters. The summed E-state index contributed by atoms with van der Waals surface area (Å²) in [4.78, 5) is 0. The molecule has 0 aliphatic heterocycles. The molecule has 0 N–H and O–H groups in total. The maximum absolute atomic E-state index is 2.42. The van der Waals surface area contributed by atoms with Crippen molar-refractivity contribution in [3.05, 3.63) is 138 Å². The van der Waals surface area contributed by atoms with E-state index in [2.05, 4.69) is 147 Å². The van der Waals surface area contributed by atoms with E-state index in [1.54, 1.807) is 0 Å². The highest BCUT2D eigenvalue weighted by atomic mass is 32.1. The number of hydrogen-bond donors (Lipinski definition) is 0. The lowest BCUT2D eigenvalue weighted by molar-refractivity contribution is 1.29. The topological polar surface area (TPSA) is 0 Å². The zero-order chi connectivity index (χ0) is 29.4. The van der Waals surface area contributed by atoms with Crippen LogP contribution < -0.4 is 5.22 Å². The van der Waals surface area contributed by atoms with Gasteiger partial charge in [0.05, 0.1) is 0 Å². The summed E-state index contributed by atoms with van der Waals surface area (Å²) in [6.07, 6.45) is 3.38. The van der Waals surface area contributed by atoms with E-state index in [1.807, 2.05) is 11.3 Å². The first-order chi connectivity index (χ1) is 21.7. The van der Waals surface area contributed by atoms with E-state index in [1.165, 1.54) is 96.3 Å². The van der Waals surface area contributed by atoms with Crippen LogP contribution in [0.3, 0.4) is 0 Å². The van der Waals surface area contributed by atoms with Gasteiger partial charge in [-0.1, -0.05) is 122 Å². The predicted octanol–water partition coefficient (Wildman–Crippen LogP) is 12.2. The number of thiophene rings is 1. The monoisotopic (exact) mass is 578 g/mol. The highest BCUT2D eigenvalue weighted by Crippen LogP contribution is 2.47. The Balaban J connectivity index is 1.41. The fourth-order valence-electron chi connectivity index (χ4n) is 7.57. The molecule has 1 aromatic heterocycles. The van der Waals surface area contributed by atoms with Crippen LogP contribution in [0.15, 0.2) is 127 Å². The van der Waals surface area contributed by atoms with Crippen LogP contribution in [0.4, 0.5) is 0 Å². The highest BCUT2D eigenvalue weighted by Gasteiger charge is 2.20. The van der Waals surface area contributed by atoms with E-state index in [9.17, 15) is 0 Å². The Hall–Kier alpha value is -4.98. The lowest BCUT2D eigenvalue weighted by Crippen LogP contribution is -2.04. The van der Waals surface area contributed by atoms with Crippen molar-refractivity contribution in [3.63, 3.8) is 0 Å². The van der Waals surface area contributed by atoms with Gasteiger partial charge in [0.25, 0.3) is 0 Å². The van der Waals surface area contributed by atoms with Gasteiger partial charge in [-0.25, -0.2) is 0 Å². The third kappa shape index (κ3) is 3.63. The summed E-state index contributed by atoms with van der Waals surface area (Å²) >= 11 is 1.88. The summed E-state index contributed by atoms with van der Waals surface area (Å²) in [6.45, 7) is 4.47. The van der Waals surface area contributed by atoms with Crippen LogP contribution in [-0.2, 0) is 0 Å². The van der Waals surface area contributed by atoms with Crippen LogP contribution in [0, 0.1) is 6.92 Å². The van der Waals surface area contributed by atoms with Crippen molar-refractivity contribution in [2.75, 3.05) is 0 Å². The second-order valence-electron chi connectivity index (χ2n) is 11.9. The van der Waals surface area contributed by atoms with Gasteiger partial charge in [0.1, 0.15) is 0 Å². The number of aryl methyl sites for hydroxylation is 1. The first-order valence-electron chi connectivity index (χ1n) is 15.5. The van der Waals surface area contributed by atoms with Crippen molar-refractivity contribution in [2.45, 2.75) is 20.3 Å². The van der Waals surface area contributed by atoms with Crippen LogP contribution >= 0.6 is 11.3 Å². The van der Waals surface area contributed by atoms with Crippen molar-refractivity contribution in [3.8, 4) is 22.3 Å². The van der Waals surface area contributed by atoms with E-state index in [0.717, 1.165) is 6.42 Å². The van der Waals surface area contributed by atoms with E-state index in [0.29, 0.717) is 0 Å². The first kappa shape index (κ1) is 25.5. The molecule has 9 rings (SSSR count). The molecule has 0 saturated carbocycles. The molecule has 208 valence electrons. The van der Waals surface area contributed by atoms with Crippen LogP contribution in [-0.4, -0.2) is 0 Å². The standard InChI is InChI=1S/C43H30S/c1-3-10-27-18-19-28-20-23-36(35-22-17-26(2)40(27)42(28)35)43-33-14-6-4-12-31(33)41(32-13-5-7-15-34(32)43)29-21-24-39-37(25-29)30-11-8-9-16-38(30)44-39/h4-25H,3H2,1-2H3/b27-10-. The Bertz CT molecular complexity index is 2590. The minimum atomic E-state index is 1.02. The van der Waals surface area contributed by atoms with Gasteiger partial charge in [-0.05, 0) is 108 Å². The van der Waals surface area contributed by atoms with Crippen LogP contribution in [0.5, 0.6) is 0 Å². The van der Waals surface area contributed by atoms with Crippen molar-refractivity contribution in [1.82, 2.24) is 0 Å². The average Bonchev–Trinajstić information content (AvgIpc) is 3.44. The third-order valence-electron chi connectivity index (χ3n) is 9.44. The zero-order valence-electron chi connectivity index (χ0n) is 24.8. The molecule has 9 aromatic rings. The van der Waals surface area contributed by atoms with Crippen molar-refractivity contribution < 1.29 is 0 Å². The fourth-order valence-corrected chi connectivity index (χ4v) is 8.66. The summed E-state index contributed by atoms with van der Waals surface area (Å²) in [5, 5.41) is 14.6. The normalized spacial score (nSPS) is 12.5. The maximum atomic E-state index is 2.42. The van der Waals surface area contributed by atoms with Gasteiger partial charge >= 0.3 is 0 Å². The fraction of sp³-hybridized carbons (Fsp3) is 0.0698. The molecule has 0 unspecified atom stereocenters. The van der Waals surface area contributed by atoms with E-state index >= 15 is 0 Å². The van der Waals surface area contributed by atoms with Gasteiger partial charge in [-0.3, -0.25) is 0 Å². The first-order valence-corrected chi connectivity index (χ1v) is 16.3. The molecule has 0 amide bonds. The van der Waals surface area contributed by atoms with Crippen molar-refractivity contribution >= 4 is 80.7 Å². The minimum absolute atomic E-state index is 1.02. The minimum Gasteiger partial charge on any atom is -0.135 e. The molecule has 0 saturated heterocycles. The van der Waals surface area contributed by atoms with Crippen molar-refractivity contribution in [1.29, 1.82) is 0 Å². The summed E-state index contributed by atoms with van der Waals surface area (Å²) in [5.74, 6) is 0. The molecule has 0 aliphatic rings. The molecule has 0 spiro atoms. The van der Waals surface area contributed by atoms with Gasteiger partial charge < -0.3 is 0 Å². The average molecular weight is 579 g/mol. The van der Waals surface area contributed by atoms with Gasteiger partial charge in [0, 0.05) is 20.2 Å². The predicted molar refractivity (Wildman–Crippen MR) is 195 cm³/mol. The highest BCUT2D eigenvalue weighted by molar-refractivity contribution is 7.25. The quantitative estimate of drug-likeness (QED) is 0.183. The Morgan fingerprint density at radius 2 is 1.16 bits per heavy atom. The summed E-state index contributed by atoms with van der Waals surface area (Å²) < 4.78 is 2.68. The van der Waals surface area contributed by atoms with Crippen LogP contribution in [0.2, 0.25) is 0 Å². The second-order valence-corrected chi connectivity index (χ2v) is 13.0. The molecule has 1 heterocycles. The molecule has 1 heteroatoms. The van der Waals surface area contributed by atoms with Gasteiger partial charge in [-0.15, -0.1) is 11.3 Å². The third-order valence-corrected chi connectivity index (χ3v) is 10.6. The molecule has 0 aliphatic carbocycles. The summed E-state index contributed by atoms with van der Waals surface area (Å²) in [7, 11) is 0. The summed E-state index contributed by atoms with van der Waals surface area (Å²) in [5.41, 5.74) is 6.54. The molecule has 0 nitrogen and oxygen atoms in total. The molecule has 44 heavy (non-hydrogen) atoms. The zero-order valence-corrected chi connectivity index (χ0v) is 25.6. The van der Waals surface area contributed by atoms with Gasteiger partial charge in [0.15, 0.2) is 0 Å². The van der Waals surface area contributed by atoms with Gasteiger partial charge in [-0.2, -0.15) is 0 Å². The van der Waals surface area contributed by atoms with Gasteiger partial charge in [0.2, 0.25) is 0 Å². The smallest absolute Gasteiger partial charge is 0.0355 e. The molecule has 0 bridgehead atoms. The van der Waals surface area contributed by atoms with Crippen LogP contribution in [0.25, 0.3) is 91.6 Å². The Morgan fingerprint density at radius 1 is 0.523 bits per heavy atom. The number of benzene rings is 8. The number of rotatable bonds is 3. The van der Waals surface area contributed by atoms with Crippen molar-refractivity contribution in [2.24, 2.45) is 0 Å². The molecule has 8 aromatic carbocycles. The maximum Gasteiger partial charge on any atom is 0.0355 e. The van der Waals surface area contributed by atoms with E-state index < -0.39 is 0 Å². The Labute approximate surface area is 260 Å². The number of hydrogen-bond acceptors (Lipinski definition) is 1. The summed E-state index contributed by atoms with van der Waals surface area (Å²) in [6, 6.07) is 47.8. The lowest BCUT2D eigenvalue weighted by Gasteiger charge is -2.20. The molecule has 0 radical (unpaired) electrons. The molecule has 0 fully saturated rings. The SMILES string of the molecule is CC/C=c1/ccc2ccc(-c3c4ccccc4c(-c4ccc5sc6ccccc6c5c4)c4ccccc34)c3ccc(C)c1c23. The van der Waals surface area contributed by atoms with E-state index in [4.69, 9.17) is 0 Å². The van der Waals surface area contributed by atoms with E-state index in [-0.39, 0.29) is 0 Å². The number of fused-ring (bicyclic) bond motifs is 5. The Morgan fingerprint density at radius 3 is 1.89 bits per heavy atom. The molecular formula is C43H30S. The molecular weight excluding hydrogens is 549 g/mol. The largest absolute Gasteiger partial charge is 0.135 e. The Kier molecular flexibility index (Phi) is 5.67.